The summed E-state index contributed by atoms with van der Waals surface area (Å²) < 4.78 is 20.6. The van der Waals surface area contributed by atoms with Gasteiger partial charge in [0.25, 0.3) is 5.91 Å². The molecule has 0 aliphatic rings. The van der Waals surface area contributed by atoms with Crippen molar-refractivity contribution in [2.75, 3.05) is 14.2 Å². The van der Waals surface area contributed by atoms with Gasteiger partial charge in [0.1, 0.15) is 11.5 Å². The van der Waals surface area contributed by atoms with Crippen LogP contribution in [0.4, 0.5) is 0 Å². The van der Waals surface area contributed by atoms with E-state index in [9.17, 15) is 24.3 Å². The molecule has 1 heterocycles. The highest BCUT2D eigenvalue weighted by atomic mass is 16.6. The highest BCUT2D eigenvalue weighted by molar-refractivity contribution is 5.97. The standard InChI is InChI=1S/C26H24N2O9/c1-34-19-10-5-7-16(13-19)25(32)36-21(23(29)28-15-18-9-3-4-12-27-18)22(24(30)31)37-26(33)17-8-6-11-20(14-17)35-2/h3-14,21-22H,15H2,1-2H3,(H,28,29)(H,30,31)/t21-,22-/m1/s1. The predicted molar refractivity (Wildman–Crippen MR) is 128 cm³/mol. The number of amides is 1. The predicted octanol–water partition coefficient (Wildman–Crippen LogP) is 2.25. The Morgan fingerprint density at radius 2 is 1.38 bits per heavy atom. The van der Waals surface area contributed by atoms with Crippen molar-refractivity contribution in [1.82, 2.24) is 10.3 Å². The van der Waals surface area contributed by atoms with Crippen LogP contribution in [0.3, 0.4) is 0 Å². The van der Waals surface area contributed by atoms with E-state index < -0.39 is 36.0 Å². The molecule has 2 aromatic carbocycles. The number of pyridine rings is 1. The first-order chi connectivity index (χ1) is 17.8. The van der Waals surface area contributed by atoms with Crippen LogP contribution in [-0.2, 0) is 25.6 Å². The molecule has 192 valence electrons. The number of rotatable bonds is 11. The van der Waals surface area contributed by atoms with Crippen molar-refractivity contribution in [3.8, 4) is 11.5 Å². The lowest BCUT2D eigenvalue weighted by molar-refractivity contribution is -0.159. The molecule has 0 aliphatic heterocycles. The number of carboxylic acids is 1. The van der Waals surface area contributed by atoms with Gasteiger partial charge in [-0.15, -0.1) is 0 Å². The van der Waals surface area contributed by atoms with Gasteiger partial charge in [-0.1, -0.05) is 18.2 Å². The Balaban J connectivity index is 1.87. The van der Waals surface area contributed by atoms with E-state index >= 15 is 0 Å². The molecule has 0 fully saturated rings. The number of carbonyl (C=O) groups is 4. The SMILES string of the molecule is COc1cccc(C(=O)O[C@@H](C(=O)O)[C@@H](OC(=O)c2cccc(OC)c2)C(=O)NCc2ccccn2)c1. The van der Waals surface area contributed by atoms with Crippen LogP contribution in [0.1, 0.15) is 26.4 Å². The number of carboxylic acid groups (broad SMARTS) is 1. The molecule has 0 bridgehead atoms. The maximum absolute atomic E-state index is 13.1. The summed E-state index contributed by atoms with van der Waals surface area (Å²) in [4.78, 5) is 54.8. The quantitative estimate of drug-likeness (QED) is 0.369. The summed E-state index contributed by atoms with van der Waals surface area (Å²) in [5.41, 5.74) is 0.427. The zero-order valence-corrected chi connectivity index (χ0v) is 20.0. The van der Waals surface area contributed by atoms with Gasteiger partial charge in [0.2, 0.25) is 12.2 Å². The number of carbonyl (C=O) groups excluding carboxylic acids is 3. The monoisotopic (exact) mass is 508 g/mol. The minimum absolute atomic E-state index is 0.00913. The number of aromatic nitrogens is 1. The lowest BCUT2D eigenvalue weighted by atomic mass is 10.1. The molecular weight excluding hydrogens is 484 g/mol. The van der Waals surface area contributed by atoms with E-state index in [0.717, 1.165) is 0 Å². The van der Waals surface area contributed by atoms with Crippen molar-refractivity contribution in [3.05, 3.63) is 89.7 Å². The van der Waals surface area contributed by atoms with Gasteiger partial charge in [0.15, 0.2) is 0 Å². The molecule has 37 heavy (non-hydrogen) atoms. The van der Waals surface area contributed by atoms with Crippen LogP contribution in [0.5, 0.6) is 11.5 Å². The summed E-state index contributed by atoms with van der Waals surface area (Å²) in [6.07, 6.45) is -2.69. The molecule has 0 radical (unpaired) electrons. The fourth-order valence-corrected chi connectivity index (χ4v) is 3.14. The molecule has 1 aromatic heterocycles. The summed E-state index contributed by atoms with van der Waals surface area (Å²) in [6.45, 7) is -0.0942. The van der Waals surface area contributed by atoms with Crippen LogP contribution < -0.4 is 14.8 Å². The lowest BCUT2D eigenvalue weighted by Crippen LogP contribution is -2.50. The largest absolute Gasteiger partial charge is 0.497 e. The molecule has 0 saturated carbocycles. The van der Waals surface area contributed by atoms with Crippen molar-refractivity contribution >= 4 is 23.8 Å². The second-order valence-corrected chi connectivity index (χ2v) is 7.49. The Bertz CT molecular complexity index is 1260. The first-order valence-corrected chi connectivity index (χ1v) is 10.9. The number of hydrogen-bond donors (Lipinski definition) is 2. The summed E-state index contributed by atoms with van der Waals surface area (Å²) in [7, 11) is 2.79. The molecule has 11 nitrogen and oxygen atoms in total. The van der Waals surface area contributed by atoms with E-state index in [1.807, 2.05) is 0 Å². The number of methoxy groups -OCH3 is 2. The number of hydrogen-bond acceptors (Lipinski definition) is 9. The molecule has 0 spiro atoms. The van der Waals surface area contributed by atoms with Crippen LogP contribution in [0, 0.1) is 0 Å². The summed E-state index contributed by atoms with van der Waals surface area (Å²) in [6, 6.07) is 16.7. The zero-order valence-electron chi connectivity index (χ0n) is 20.0. The Morgan fingerprint density at radius 1 is 0.811 bits per heavy atom. The zero-order chi connectivity index (χ0) is 26.8. The summed E-state index contributed by atoms with van der Waals surface area (Å²) >= 11 is 0. The lowest BCUT2D eigenvalue weighted by Gasteiger charge is -2.23. The fraction of sp³-hybridized carbons (Fsp3) is 0.192. The highest BCUT2D eigenvalue weighted by Gasteiger charge is 2.41. The van der Waals surface area contributed by atoms with Gasteiger partial charge in [-0.25, -0.2) is 14.4 Å². The highest BCUT2D eigenvalue weighted by Crippen LogP contribution is 2.18. The molecule has 3 rings (SSSR count). The molecule has 1 amide bonds. The second kappa shape index (κ2) is 12.7. The van der Waals surface area contributed by atoms with Crippen LogP contribution in [-0.4, -0.2) is 60.3 Å². The van der Waals surface area contributed by atoms with Crippen molar-refractivity contribution in [2.24, 2.45) is 0 Å². The molecule has 0 aliphatic carbocycles. The number of benzene rings is 2. The van der Waals surface area contributed by atoms with Gasteiger partial charge >= 0.3 is 17.9 Å². The van der Waals surface area contributed by atoms with E-state index in [1.54, 1.807) is 30.3 Å². The van der Waals surface area contributed by atoms with Crippen molar-refractivity contribution in [2.45, 2.75) is 18.8 Å². The van der Waals surface area contributed by atoms with Gasteiger partial charge in [0.05, 0.1) is 37.6 Å². The molecule has 2 N–H and O–H groups in total. The van der Waals surface area contributed by atoms with Gasteiger partial charge in [-0.3, -0.25) is 9.78 Å². The van der Waals surface area contributed by atoms with Gasteiger partial charge in [-0.2, -0.15) is 0 Å². The van der Waals surface area contributed by atoms with E-state index in [4.69, 9.17) is 18.9 Å². The molecule has 2 atom stereocenters. The average molecular weight is 508 g/mol. The minimum Gasteiger partial charge on any atom is -0.497 e. The summed E-state index contributed by atoms with van der Waals surface area (Å²) in [5, 5.41) is 12.3. The number of esters is 2. The third kappa shape index (κ3) is 7.28. The first kappa shape index (κ1) is 26.7. The number of nitrogens with zero attached hydrogens (tertiary/aromatic N) is 1. The molecule has 0 saturated heterocycles. The Hall–Kier alpha value is -4.93. The van der Waals surface area contributed by atoms with E-state index in [2.05, 4.69) is 10.3 Å². The summed E-state index contributed by atoms with van der Waals surface area (Å²) in [5.74, 6) is -4.13. The molecule has 3 aromatic rings. The maximum atomic E-state index is 13.1. The topological polar surface area (TPSA) is 150 Å². The van der Waals surface area contributed by atoms with Gasteiger partial charge < -0.3 is 29.4 Å². The first-order valence-electron chi connectivity index (χ1n) is 10.9. The van der Waals surface area contributed by atoms with Crippen molar-refractivity contribution in [3.63, 3.8) is 0 Å². The van der Waals surface area contributed by atoms with Crippen molar-refractivity contribution in [1.29, 1.82) is 0 Å². The normalized spacial score (nSPS) is 11.9. The van der Waals surface area contributed by atoms with E-state index in [1.165, 1.54) is 56.8 Å². The minimum atomic E-state index is -2.17. The third-order valence-electron chi connectivity index (χ3n) is 5.03. The second-order valence-electron chi connectivity index (χ2n) is 7.49. The maximum Gasteiger partial charge on any atom is 0.349 e. The Morgan fingerprint density at radius 3 is 1.86 bits per heavy atom. The molecular formula is C26H24N2O9. The number of nitrogens with one attached hydrogen (secondary N) is 1. The van der Waals surface area contributed by atoms with Crippen LogP contribution in [0.15, 0.2) is 72.9 Å². The Kier molecular flexibility index (Phi) is 9.14. The number of ether oxygens (including phenoxy) is 4. The van der Waals surface area contributed by atoms with Crippen LogP contribution >= 0.6 is 0 Å². The van der Waals surface area contributed by atoms with Crippen molar-refractivity contribution < 1.29 is 43.2 Å². The molecule has 11 heteroatoms. The fourth-order valence-electron chi connectivity index (χ4n) is 3.14. The third-order valence-corrected chi connectivity index (χ3v) is 5.03. The van der Waals surface area contributed by atoms with E-state index in [-0.39, 0.29) is 17.7 Å². The average Bonchev–Trinajstić information content (AvgIpc) is 2.93. The smallest absolute Gasteiger partial charge is 0.349 e. The molecule has 0 unspecified atom stereocenters. The van der Waals surface area contributed by atoms with Crippen LogP contribution in [0.25, 0.3) is 0 Å². The van der Waals surface area contributed by atoms with Gasteiger partial charge in [-0.05, 0) is 48.5 Å². The number of aliphatic carboxylic acids is 1. The van der Waals surface area contributed by atoms with Gasteiger partial charge in [0, 0.05) is 6.20 Å². The van der Waals surface area contributed by atoms with E-state index in [0.29, 0.717) is 17.2 Å². The van der Waals surface area contributed by atoms with Crippen LogP contribution in [0.2, 0.25) is 0 Å². The Labute approximate surface area is 211 Å².